The first-order chi connectivity index (χ1) is 13.0. The molecule has 1 saturated carbocycles. The lowest BCUT2D eigenvalue weighted by molar-refractivity contribution is -0.141. The zero-order valence-electron chi connectivity index (χ0n) is 15.4. The summed E-state index contributed by atoms with van der Waals surface area (Å²) in [5.74, 6) is 0.930. The lowest BCUT2D eigenvalue weighted by Crippen LogP contribution is -2.12. The van der Waals surface area contributed by atoms with Gasteiger partial charge in [0.2, 0.25) is 0 Å². The summed E-state index contributed by atoms with van der Waals surface area (Å²) in [6.07, 6.45) is -1.64. The van der Waals surface area contributed by atoms with Gasteiger partial charge in [0.1, 0.15) is 17.2 Å². The van der Waals surface area contributed by atoms with Crippen LogP contribution >= 0.6 is 0 Å². The molecule has 1 aliphatic rings. The van der Waals surface area contributed by atoms with E-state index >= 15 is 0 Å². The summed E-state index contributed by atoms with van der Waals surface area (Å²) >= 11 is 0. The Bertz CT molecular complexity index is 1190. The van der Waals surface area contributed by atoms with E-state index in [-0.39, 0.29) is 33.7 Å². The molecule has 0 amide bonds. The normalized spacial score (nSPS) is 15.5. The first-order valence-corrected chi connectivity index (χ1v) is 10.4. The van der Waals surface area contributed by atoms with Crippen molar-refractivity contribution in [3.05, 3.63) is 23.8 Å². The molecule has 0 N–H and O–H groups in total. The van der Waals surface area contributed by atoms with Gasteiger partial charge in [0.15, 0.2) is 20.7 Å². The van der Waals surface area contributed by atoms with Gasteiger partial charge in [-0.15, -0.1) is 0 Å². The van der Waals surface area contributed by atoms with Crippen molar-refractivity contribution in [3.8, 4) is 11.5 Å². The summed E-state index contributed by atoms with van der Waals surface area (Å²) in [4.78, 5) is 12.3. The molecule has 150 valence electrons. The van der Waals surface area contributed by atoms with Crippen LogP contribution in [0, 0.1) is 0 Å². The van der Waals surface area contributed by atoms with E-state index in [0.717, 1.165) is 25.1 Å². The van der Waals surface area contributed by atoms with Gasteiger partial charge in [0.05, 0.1) is 23.0 Å². The summed E-state index contributed by atoms with van der Waals surface area (Å²) in [7, 11) is -0.371. The van der Waals surface area contributed by atoms with Crippen LogP contribution in [-0.4, -0.2) is 38.3 Å². The van der Waals surface area contributed by atoms with Crippen LogP contribution in [0.15, 0.2) is 17.3 Å². The summed E-state index contributed by atoms with van der Waals surface area (Å²) in [6, 6.07) is 0.859. The molecule has 7 nitrogen and oxygen atoms in total. The van der Waals surface area contributed by atoms with E-state index in [9.17, 15) is 21.6 Å². The van der Waals surface area contributed by atoms with Crippen LogP contribution in [0.1, 0.15) is 37.2 Å². The van der Waals surface area contributed by atoms with E-state index in [1.807, 2.05) is 0 Å². The third-order valence-corrected chi connectivity index (χ3v) is 6.78. The Balaban J connectivity index is 1.97. The van der Waals surface area contributed by atoms with Crippen molar-refractivity contribution in [1.29, 1.82) is 0 Å². The van der Waals surface area contributed by atoms with Crippen LogP contribution in [0.2, 0.25) is 0 Å². The summed E-state index contributed by atoms with van der Waals surface area (Å²) in [6.45, 7) is 1.54. The average molecular weight is 413 g/mol. The van der Waals surface area contributed by atoms with E-state index in [2.05, 4.69) is 15.0 Å². The second kappa shape index (κ2) is 6.03. The summed E-state index contributed by atoms with van der Waals surface area (Å²) < 4.78 is 67.5. The predicted octanol–water partition coefficient (Wildman–Crippen LogP) is 3.06. The lowest BCUT2D eigenvalue weighted by Gasteiger charge is -2.07. The molecule has 0 atom stereocenters. The fourth-order valence-corrected chi connectivity index (χ4v) is 4.52. The van der Waals surface area contributed by atoms with Crippen molar-refractivity contribution in [3.63, 3.8) is 0 Å². The van der Waals surface area contributed by atoms with E-state index < -0.39 is 21.7 Å². The molecular weight excluding hydrogens is 395 g/mol. The first-order valence-electron chi connectivity index (χ1n) is 8.74. The number of nitrogens with zero attached hydrogens (tertiary/aromatic N) is 5. The number of alkyl halides is 3. The molecule has 3 aromatic rings. The van der Waals surface area contributed by atoms with Gasteiger partial charge in [-0.2, -0.15) is 13.2 Å². The van der Waals surface area contributed by atoms with E-state index in [1.54, 1.807) is 18.7 Å². The van der Waals surface area contributed by atoms with Crippen LogP contribution in [0.4, 0.5) is 13.2 Å². The Hall–Kier alpha value is -2.43. The monoisotopic (exact) mass is 413 g/mol. The number of aromatic nitrogens is 5. The van der Waals surface area contributed by atoms with E-state index in [1.165, 1.54) is 11.5 Å². The topological polar surface area (TPSA) is 82.7 Å². The van der Waals surface area contributed by atoms with Crippen molar-refractivity contribution in [2.24, 2.45) is 14.1 Å². The van der Waals surface area contributed by atoms with Gasteiger partial charge in [0.25, 0.3) is 0 Å². The van der Waals surface area contributed by atoms with Gasteiger partial charge in [0, 0.05) is 20.0 Å². The number of aryl methyl sites for hydroxylation is 1. The molecule has 0 saturated heterocycles. The van der Waals surface area contributed by atoms with Gasteiger partial charge in [-0.1, -0.05) is 6.92 Å². The van der Waals surface area contributed by atoms with Crippen molar-refractivity contribution >= 4 is 20.9 Å². The third kappa shape index (κ3) is 2.88. The molecule has 0 bridgehead atoms. The summed E-state index contributed by atoms with van der Waals surface area (Å²) in [5.41, 5.74) is -0.441. The Morgan fingerprint density at radius 1 is 1.18 bits per heavy atom. The van der Waals surface area contributed by atoms with Crippen LogP contribution in [-0.2, 0) is 30.1 Å². The molecule has 0 spiro atoms. The predicted molar refractivity (Wildman–Crippen MR) is 95.4 cm³/mol. The number of fused-ring (bicyclic) bond motifs is 1. The molecule has 4 rings (SSSR count). The summed E-state index contributed by atoms with van der Waals surface area (Å²) in [5, 5.41) is 0.0410. The molecule has 1 fully saturated rings. The lowest BCUT2D eigenvalue weighted by atomic mass is 10.3. The highest BCUT2D eigenvalue weighted by atomic mass is 32.2. The Morgan fingerprint density at radius 3 is 2.43 bits per heavy atom. The van der Waals surface area contributed by atoms with Gasteiger partial charge >= 0.3 is 6.18 Å². The highest BCUT2D eigenvalue weighted by Gasteiger charge is 2.36. The number of hydrogen-bond acceptors (Lipinski definition) is 5. The second-order valence-corrected chi connectivity index (χ2v) is 9.10. The molecule has 11 heteroatoms. The van der Waals surface area contributed by atoms with Crippen molar-refractivity contribution in [2.75, 3.05) is 5.75 Å². The average Bonchev–Trinajstić information content (AvgIpc) is 3.33. The number of halogens is 3. The Kier molecular flexibility index (Phi) is 4.07. The Labute approximate surface area is 159 Å². The number of hydrogen-bond donors (Lipinski definition) is 0. The van der Waals surface area contributed by atoms with Crippen LogP contribution in [0.3, 0.4) is 0 Å². The highest BCUT2D eigenvalue weighted by molar-refractivity contribution is 7.91. The largest absolute Gasteiger partial charge is 0.433 e. The molecule has 28 heavy (non-hydrogen) atoms. The van der Waals surface area contributed by atoms with Gasteiger partial charge in [-0.3, -0.25) is 0 Å². The van der Waals surface area contributed by atoms with Gasteiger partial charge in [-0.25, -0.2) is 23.4 Å². The zero-order chi connectivity index (χ0) is 20.4. The second-order valence-electron chi connectivity index (χ2n) is 6.91. The number of imidazole rings is 2. The Morgan fingerprint density at radius 2 is 1.86 bits per heavy atom. The molecule has 3 aromatic heterocycles. The quantitative estimate of drug-likeness (QED) is 0.657. The minimum atomic E-state index is -4.59. The molecule has 1 aliphatic carbocycles. The maximum absolute atomic E-state index is 13.0. The molecule has 0 aliphatic heterocycles. The molecule has 0 aromatic carbocycles. The number of pyridine rings is 1. The maximum atomic E-state index is 13.0. The van der Waals surface area contributed by atoms with E-state index in [4.69, 9.17) is 0 Å². The minimum Gasteiger partial charge on any atom is -0.324 e. The van der Waals surface area contributed by atoms with Gasteiger partial charge in [-0.05, 0) is 18.9 Å². The van der Waals surface area contributed by atoms with Gasteiger partial charge < -0.3 is 9.13 Å². The van der Waals surface area contributed by atoms with Crippen LogP contribution < -0.4 is 0 Å². The van der Waals surface area contributed by atoms with Crippen molar-refractivity contribution in [2.45, 2.75) is 36.9 Å². The SMILES string of the molecule is CCS(=O)(=O)c1c(-c2nc3cc(C(F)(F)F)ncc3n2C)nc(C2CC2)n1C. The molecular formula is C17H18F3N5O2S. The maximum Gasteiger partial charge on any atom is 0.433 e. The molecule has 3 heterocycles. The van der Waals surface area contributed by atoms with Crippen LogP contribution in [0.5, 0.6) is 0 Å². The first kappa shape index (κ1) is 18.9. The molecule has 0 radical (unpaired) electrons. The van der Waals surface area contributed by atoms with Crippen LogP contribution in [0.25, 0.3) is 22.6 Å². The number of sulfone groups is 1. The van der Waals surface area contributed by atoms with Crippen molar-refractivity contribution < 1.29 is 21.6 Å². The minimum absolute atomic E-state index is 0.0410. The fourth-order valence-electron chi connectivity index (χ4n) is 3.30. The third-order valence-electron chi connectivity index (χ3n) is 4.96. The number of rotatable bonds is 4. The fraction of sp³-hybridized carbons (Fsp3) is 0.471. The zero-order valence-corrected chi connectivity index (χ0v) is 16.3. The van der Waals surface area contributed by atoms with Crippen molar-refractivity contribution in [1.82, 2.24) is 24.1 Å². The van der Waals surface area contributed by atoms with E-state index in [0.29, 0.717) is 11.3 Å². The standard InChI is InChI=1S/C17H18F3N5O2S/c1-4-28(26,27)16-13(23-14(25(16)3)9-5-6-9)15-22-10-7-12(17(18,19)20)21-8-11(10)24(15)2/h7-9H,4-6H2,1-3H3. The smallest absolute Gasteiger partial charge is 0.324 e. The molecule has 0 unspecified atom stereocenters. The highest BCUT2D eigenvalue weighted by Crippen LogP contribution is 2.42.